The van der Waals surface area contributed by atoms with Crippen LogP contribution in [0.3, 0.4) is 0 Å². The number of hydrogen-bond donors (Lipinski definition) is 0. The van der Waals surface area contributed by atoms with Crippen molar-refractivity contribution in [1.82, 2.24) is 4.90 Å². The lowest BCUT2D eigenvalue weighted by molar-refractivity contribution is -0.153. The quantitative estimate of drug-likeness (QED) is 0.794. The zero-order valence-corrected chi connectivity index (χ0v) is 12.2. The van der Waals surface area contributed by atoms with E-state index in [0.717, 1.165) is 4.47 Å². The summed E-state index contributed by atoms with van der Waals surface area (Å²) in [7, 11) is 1.34. The third kappa shape index (κ3) is 3.52. The standard InChI is InChI=1S/C13H15BrFNO3/c1-18-13(17)12-8-19-5-4-16(12)7-9-6-10(14)2-3-11(9)15/h2-3,6,12H,4-5,7-8H2,1H3. The van der Waals surface area contributed by atoms with Crippen LogP contribution in [0, 0.1) is 5.82 Å². The molecule has 0 amide bonds. The van der Waals surface area contributed by atoms with Crippen LogP contribution < -0.4 is 0 Å². The summed E-state index contributed by atoms with van der Waals surface area (Å²) in [6.45, 7) is 1.74. The average molecular weight is 332 g/mol. The molecule has 1 aromatic rings. The first kappa shape index (κ1) is 14.4. The van der Waals surface area contributed by atoms with Gasteiger partial charge in [-0.3, -0.25) is 9.69 Å². The van der Waals surface area contributed by atoms with E-state index in [-0.39, 0.29) is 18.4 Å². The first-order valence-electron chi connectivity index (χ1n) is 5.95. The van der Waals surface area contributed by atoms with Crippen LogP contribution >= 0.6 is 15.9 Å². The fourth-order valence-corrected chi connectivity index (χ4v) is 2.47. The summed E-state index contributed by atoms with van der Waals surface area (Å²) in [6, 6.07) is 4.30. The van der Waals surface area contributed by atoms with Crippen molar-refractivity contribution in [3.05, 3.63) is 34.1 Å². The first-order valence-corrected chi connectivity index (χ1v) is 6.74. The van der Waals surface area contributed by atoms with Gasteiger partial charge in [0.05, 0.1) is 20.3 Å². The zero-order valence-electron chi connectivity index (χ0n) is 10.6. The molecule has 0 radical (unpaired) electrons. The second-order valence-electron chi connectivity index (χ2n) is 4.32. The Hall–Kier alpha value is -0.980. The summed E-state index contributed by atoms with van der Waals surface area (Å²) in [5.41, 5.74) is 0.546. The lowest BCUT2D eigenvalue weighted by Crippen LogP contribution is -2.49. The minimum atomic E-state index is -0.475. The maximum absolute atomic E-state index is 13.7. The minimum Gasteiger partial charge on any atom is -0.468 e. The number of ether oxygens (including phenoxy) is 2. The lowest BCUT2D eigenvalue weighted by atomic mass is 10.1. The van der Waals surface area contributed by atoms with E-state index in [1.54, 1.807) is 12.1 Å². The summed E-state index contributed by atoms with van der Waals surface area (Å²) in [4.78, 5) is 13.5. The second-order valence-corrected chi connectivity index (χ2v) is 5.24. The molecule has 0 N–H and O–H groups in total. The monoisotopic (exact) mass is 331 g/mol. The van der Waals surface area contributed by atoms with Crippen molar-refractivity contribution in [2.24, 2.45) is 0 Å². The van der Waals surface area contributed by atoms with Crippen molar-refractivity contribution in [1.29, 1.82) is 0 Å². The molecule has 0 saturated carbocycles. The van der Waals surface area contributed by atoms with E-state index in [2.05, 4.69) is 15.9 Å². The molecule has 1 aliphatic rings. The van der Waals surface area contributed by atoms with Crippen LogP contribution in [-0.2, 0) is 20.8 Å². The molecule has 1 aliphatic heterocycles. The predicted molar refractivity (Wildman–Crippen MR) is 71.1 cm³/mol. The number of esters is 1. The summed E-state index contributed by atoms with van der Waals surface area (Å²) in [5, 5.41) is 0. The van der Waals surface area contributed by atoms with Gasteiger partial charge in [0.15, 0.2) is 0 Å². The van der Waals surface area contributed by atoms with Crippen molar-refractivity contribution < 1.29 is 18.7 Å². The number of carbonyl (C=O) groups is 1. The SMILES string of the molecule is COC(=O)C1COCCN1Cc1cc(Br)ccc1F. The number of hydrogen-bond acceptors (Lipinski definition) is 4. The molecule has 1 fully saturated rings. The van der Waals surface area contributed by atoms with E-state index in [1.807, 2.05) is 4.90 Å². The minimum absolute atomic E-state index is 0.279. The van der Waals surface area contributed by atoms with E-state index < -0.39 is 6.04 Å². The summed E-state index contributed by atoms with van der Waals surface area (Å²) in [6.07, 6.45) is 0. The molecular weight excluding hydrogens is 317 g/mol. The number of methoxy groups -OCH3 is 1. The molecule has 104 valence electrons. The third-order valence-electron chi connectivity index (χ3n) is 3.09. The molecule has 0 bridgehead atoms. The van der Waals surface area contributed by atoms with Gasteiger partial charge in [-0.2, -0.15) is 0 Å². The number of morpholine rings is 1. The van der Waals surface area contributed by atoms with Gasteiger partial charge < -0.3 is 9.47 Å². The number of halogens is 2. The fraction of sp³-hybridized carbons (Fsp3) is 0.462. The summed E-state index contributed by atoms with van der Waals surface area (Å²) in [5.74, 6) is -0.631. The van der Waals surface area contributed by atoms with Crippen LogP contribution in [0.1, 0.15) is 5.56 Å². The van der Waals surface area contributed by atoms with Crippen LogP contribution in [-0.4, -0.2) is 43.8 Å². The molecule has 19 heavy (non-hydrogen) atoms. The highest BCUT2D eigenvalue weighted by molar-refractivity contribution is 9.10. The van der Waals surface area contributed by atoms with Crippen molar-refractivity contribution in [2.45, 2.75) is 12.6 Å². The van der Waals surface area contributed by atoms with Gasteiger partial charge >= 0.3 is 5.97 Å². The van der Waals surface area contributed by atoms with Crippen LogP contribution in [0.5, 0.6) is 0 Å². The Bertz CT molecular complexity index is 469. The van der Waals surface area contributed by atoms with E-state index in [1.165, 1.54) is 13.2 Å². The molecule has 1 saturated heterocycles. The van der Waals surface area contributed by atoms with Gasteiger partial charge in [0.25, 0.3) is 0 Å². The van der Waals surface area contributed by atoms with Crippen molar-refractivity contribution >= 4 is 21.9 Å². The van der Waals surface area contributed by atoms with E-state index in [4.69, 9.17) is 9.47 Å². The Balaban J connectivity index is 2.15. The first-order chi connectivity index (χ1) is 9.11. The second kappa shape index (κ2) is 6.45. The topological polar surface area (TPSA) is 38.8 Å². The Kier molecular flexibility index (Phi) is 4.90. The zero-order chi connectivity index (χ0) is 13.8. The Labute approximate surface area is 119 Å². The van der Waals surface area contributed by atoms with Gasteiger partial charge in [-0.05, 0) is 18.2 Å². The molecule has 1 atom stereocenters. The highest BCUT2D eigenvalue weighted by atomic mass is 79.9. The summed E-state index contributed by atoms with van der Waals surface area (Å²) < 4.78 is 24.6. The predicted octanol–water partition coefficient (Wildman–Crippen LogP) is 1.96. The normalized spacial score (nSPS) is 20.3. The Morgan fingerprint density at radius 1 is 1.63 bits per heavy atom. The third-order valence-corrected chi connectivity index (χ3v) is 3.59. The van der Waals surface area contributed by atoms with Crippen molar-refractivity contribution in [2.75, 3.05) is 26.9 Å². The molecule has 2 rings (SSSR count). The van der Waals surface area contributed by atoms with E-state index >= 15 is 0 Å². The Morgan fingerprint density at radius 3 is 3.16 bits per heavy atom. The largest absolute Gasteiger partial charge is 0.468 e. The lowest BCUT2D eigenvalue weighted by Gasteiger charge is -2.33. The number of benzene rings is 1. The van der Waals surface area contributed by atoms with Gasteiger partial charge in [-0.1, -0.05) is 15.9 Å². The van der Waals surface area contributed by atoms with Gasteiger partial charge in [0, 0.05) is 23.1 Å². The smallest absolute Gasteiger partial charge is 0.325 e. The Morgan fingerprint density at radius 2 is 2.42 bits per heavy atom. The van der Waals surface area contributed by atoms with Crippen molar-refractivity contribution in [3.8, 4) is 0 Å². The summed E-state index contributed by atoms with van der Waals surface area (Å²) >= 11 is 3.32. The van der Waals surface area contributed by atoms with Crippen LogP contribution in [0.25, 0.3) is 0 Å². The molecule has 0 aromatic heterocycles. The van der Waals surface area contributed by atoms with Gasteiger partial charge in [-0.25, -0.2) is 4.39 Å². The number of rotatable bonds is 3. The highest BCUT2D eigenvalue weighted by Crippen LogP contribution is 2.19. The van der Waals surface area contributed by atoms with E-state index in [0.29, 0.717) is 25.3 Å². The van der Waals surface area contributed by atoms with Gasteiger partial charge in [0.2, 0.25) is 0 Å². The van der Waals surface area contributed by atoms with Gasteiger partial charge in [-0.15, -0.1) is 0 Å². The number of nitrogens with zero attached hydrogens (tertiary/aromatic N) is 1. The molecule has 6 heteroatoms. The molecular formula is C13H15BrFNO3. The molecule has 0 aliphatic carbocycles. The van der Waals surface area contributed by atoms with Crippen LogP contribution in [0.4, 0.5) is 4.39 Å². The maximum atomic E-state index is 13.7. The highest BCUT2D eigenvalue weighted by Gasteiger charge is 2.30. The molecule has 1 heterocycles. The van der Waals surface area contributed by atoms with Crippen LogP contribution in [0.15, 0.2) is 22.7 Å². The molecule has 1 unspecified atom stereocenters. The molecule has 1 aromatic carbocycles. The van der Waals surface area contributed by atoms with Crippen molar-refractivity contribution in [3.63, 3.8) is 0 Å². The van der Waals surface area contributed by atoms with Gasteiger partial charge in [0.1, 0.15) is 11.9 Å². The fourth-order valence-electron chi connectivity index (χ4n) is 2.06. The molecule has 0 spiro atoms. The van der Waals surface area contributed by atoms with E-state index in [9.17, 15) is 9.18 Å². The maximum Gasteiger partial charge on any atom is 0.325 e. The molecule has 4 nitrogen and oxygen atoms in total. The number of carbonyl (C=O) groups excluding carboxylic acids is 1. The average Bonchev–Trinajstić information content (AvgIpc) is 2.42. The van der Waals surface area contributed by atoms with Crippen LogP contribution in [0.2, 0.25) is 0 Å².